The largest absolute Gasteiger partial charge is 0.461 e. The van der Waals surface area contributed by atoms with E-state index in [1.54, 1.807) is 24.3 Å². The predicted octanol–water partition coefficient (Wildman–Crippen LogP) is 4.73. The van der Waals surface area contributed by atoms with E-state index in [0.29, 0.717) is 24.0 Å². The number of benzene rings is 1. The Morgan fingerprint density at radius 1 is 1.12 bits per heavy atom. The summed E-state index contributed by atoms with van der Waals surface area (Å²) in [4.78, 5) is 13.1. The molecule has 0 radical (unpaired) electrons. The van der Waals surface area contributed by atoms with Crippen LogP contribution in [0.3, 0.4) is 0 Å². The molecule has 4 aliphatic rings. The molecule has 0 unspecified atom stereocenters. The number of hydrogen-bond acceptors (Lipinski definition) is 6. The summed E-state index contributed by atoms with van der Waals surface area (Å²) in [6, 6.07) is 6.85. The van der Waals surface area contributed by atoms with Gasteiger partial charge < -0.3 is 4.74 Å². The van der Waals surface area contributed by atoms with E-state index in [9.17, 15) is 4.79 Å². The van der Waals surface area contributed by atoms with Crippen LogP contribution in [0.1, 0.15) is 49.4 Å². The summed E-state index contributed by atoms with van der Waals surface area (Å²) < 4.78 is 10.1. The molecule has 6 heteroatoms. The first-order valence-corrected chi connectivity index (χ1v) is 9.74. The molecule has 136 valence electrons. The molecule has 5 nitrogen and oxygen atoms in total. The monoisotopic (exact) mass is 364 g/mol. The highest BCUT2D eigenvalue weighted by Gasteiger charge is 2.55. The van der Waals surface area contributed by atoms with Crippen molar-refractivity contribution in [2.24, 2.45) is 29.1 Å². The molecule has 4 fully saturated rings. The molecule has 4 bridgehead atoms. The van der Waals surface area contributed by atoms with Crippen molar-refractivity contribution in [2.75, 3.05) is 6.61 Å². The maximum atomic E-state index is 12.4. The van der Waals surface area contributed by atoms with Gasteiger partial charge in [0.1, 0.15) is 0 Å². The van der Waals surface area contributed by atoms with E-state index in [1.807, 2.05) is 0 Å². The van der Waals surface area contributed by atoms with Crippen molar-refractivity contribution in [3.05, 3.63) is 29.8 Å². The van der Waals surface area contributed by atoms with Crippen LogP contribution in [0.5, 0.6) is 0 Å². The van der Waals surface area contributed by atoms with E-state index in [1.165, 1.54) is 32.1 Å². The zero-order valence-electron chi connectivity index (χ0n) is 14.3. The van der Waals surface area contributed by atoms with Crippen LogP contribution in [0.25, 0.3) is 0 Å². The minimum absolute atomic E-state index is 0.144. The third-order valence-corrected chi connectivity index (χ3v) is 7.36. The lowest BCUT2D eigenvalue weighted by Gasteiger charge is -2.59. The first-order chi connectivity index (χ1) is 12.1. The number of hydrogen-bond donors (Lipinski definition) is 1. The summed E-state index contributed by atoms with van der Waals surface area (Å²) in [5.41, 5.74) is 0.673. The van der Waals surface area contributed by atoms with Gasteiger partial charge in [0.2, 0.25) is 0 Å². The lowest BCUT2D eigenvalue weighted by Crippen LogP contribution is -2.53. The van der Waals surface area contributed by atoms with Crippen molar-refractivity contribution in [3.63, 3.8) is 0 Å². The Balaban J connectivity index is 1.37. The van der Waals surface area contributed by atoms with E-state index < -0.39 is 0 Å². The topological polar surface area (TPSA) is 65.0 Å². The van der Waals surface area contributed by atoms with Gasteiger partial charge in [0.05, 0.1) is 24.2 Å². The average Bonchev–Trinajstić information content (AvgIpc) is 2.62. The molecule has 25 heavy (non-hydrogen) atoms. The molecule has 4 aliphatic carbocycles. The Labute approximate surface area is 152 Å². The van der Waals surface area contributed by atoms with Gasteiger partial charge in [-0.2, -0.15) is 0 Å². The maximum Gasteiger partial charge on any atom is 0.338 e. The minimum atomic E-state index is -0.272. The van der Waals surface area contributed by atoms with Crippen LogP contribution >= 0.6 is 12.0 Å². The van der Waals surface area contributed by atoms with E-state index >= 15 is 0 Å². The lowest BCUT2D eigenvalue weighted by molar-refractivity contribution is -0.432. The van der Waals surface area contributed by atoms with Crippen LogP contribution < -0.4 is 0 Å². The Bertz CT molecular complexity index is 601. The van der Waals surface area contributed by atoms with Gasteiger partial charge in [0, 0.05) is 10.3 Å². The molecule has 5 rings (SSSR count). The highest BCUT2D eigenvalue weighted by molar-refractivity contribution is 7.94. The molecule has 0 saturated heterocycles. The number of carbonyl (C=O) groups is 1. The fraction of sp³-hybridized carbons (Fsp3) is 0.632. The molecule has 1 aromatic rings. The van der Waals surface area contributed by atoms with Gasteiger partial charge in [-0.1, -0.05) is 12.0 Å². The van der Waals surface area contributed by atoms with Crippen LogP contribution in [0.4, 0.5) is 0 Å². The van der Waals surface area contributed by atoms with Gasteiger partial charge in [-0.25, -0.2) is 10.1 Å². The molecule has 1 N–H and O–H groups in total. The van der Waals surface area contributed by atoms with Crippen molar-refractivity contribution in [1.29, 1.82) is 0 Å². The molecule has 0 spiro atoms. The van der Waals surface area contributed by atoms with E-state index in [-0.39, 0.29) is 11.4 Å². The minimum Gasteiger partial charge on any atom is -0.461 e. The maximum absolute atomic E-state index is 12.4. The average molecular weight is 364 g/mol. The van der Waals surface area contributed by atoms with E-state index in [0.717, 1.165) is 28.8 Å². The van der Waals surface area contributed by atoms with Gasteiger partial charge in [-0.3, -0.25) is 0 Å². The zero-order chi connectivity index (χ0) is 17.4. The Kier molecular flexibility index (Phi) is 4.79. The summed E-state index contributed by atoms with van der Waals surface area (Å²) in [6.45, 7) is 2.86. The van der Waals surface area contributed by atoms with E-state index in [4.69, 9.17) is 9.99 Å². The third-order valence-electron chi connectivity index (χ3n) is 6.77. The summed E-state index contributed by atoms with van der Waals surface area (Å²) >= 11 is 0.867. The van der Waals surface area contributed by atoms with Gasteiger partial charge in [0.15, 0.2) is 0 Å². The van der Waals surface area contributed by atoms with Gasteiger partial charge in [0.25, 0.3) is 0 Å². The van der Waals surface area contributed by atoms with Crippen molar-refractivity contribution in [2.45, 2.75) is 43.9 Å². The second kappa shape index (κ2) is 6.91. The quantitative estimate of drug-likeness (QED) is 0.341. The first kappa shape index (κ1) is 17.3. The second-order valence-electron chi connectivity index (χ2n) is 8.14. The number of carbonyl (C=O) groups excluding carboxylic acids is 1. The van der Waals surface area contributed by atoms with Crippen LogP contribution in [0, 0.1) is 29.1 Å². The van der Waals surface area contributed by atoms with Crippen LogP contribution in [-0.4, -0.2) is 17.8 Å². The molecule has 0 aromatic heterocycles. The number of rotatable bonds is 6. The summed E-state index contributed by atoms with van der Waals surface area (Å²) in [6.07, 6.45) is 6.71. The second-order valence-corrected chi connectivity index (χ2v) is 8.91. The standard InChI is InChI=1S/C19H24O5S/c1-19(15-7-12-6-13(9-15)10-16(19)8-12)11-22-18(20)14-2-4-17(5-3-14)25-24-23-21/h2-5,12-13,15-16,21H,6-11H2,1H3. The van der Waals surface area contributed by atoms with Crippen molar-refractivity contribution in [3.8, 4) is 0 Å². The van der Waals surface area contributed by atoms with Crippen LogP contribution in [-0.2, 0) is 14.1 Å². The summed E-state index contributed by atoms with van der Waals surface area (Å²) in [7, 11) is 0. The number of ether oxygens (including phenoxy) is 1. The van der Waals surface area contributed by atoms with Gasteiger partial charge in [-0.15, -0.1) is 4.33 Å². The lowest BCUT2D eigenvalue weighted by atomic mass is 9.46. The molecule has 4 saturated carbocycles. The fourth-order valence-electron chi connectivity index (χ4n) is 5.50. The van der Waals surface area contributed by atoms with Gasteiger partial charge >= 0.3 is 5.97 Å². The summed E-state index contributed by atoms with van der Waals surface area (Å²) in [5.74, 6) is 2.99. The predicted molar refractivity (Wildman–Crippen MR) is 92.5 cm³/mol. The molecule has 1 aromatic carbocycles. The van der Waals surface area contributed by atoms with Crippen LogP contribution in [0.2, 0.25) is 0 Å². The molecular formula is C19H24O5S. The molecular weight excluding hydrogens is 340 g/mol. The highest BCUT2D eigenvalue weighted by Crippen LogP contribution is 2.62. The SMILES string of the molecule is CC1(COC(=O)c2ccc(SOOO)cc2)C2CC3CC(C2)CC1C3. The van der Waals surface area contributed by atoms with Crippen molar-refractivity contribution >= 4 is 18.0 Å². The molecule has 0 amide bonds. The first-order valence-electron chi connectivity index (χ1n) is 9.00. The highest BCUT2D eigenvalue weighted by atomic mass is 32.2. The van der Waals surface area contributed by atoms with Crippen molar-refractivity contribution < 1.29 is 24.2 Å². The van der Waals surface area contributed by atoms with Crippen LogP contribution in [0.15, 0.2) is 29.2 Å². The smallest absolute Gasteiger partial charge is 0.338 e. The zero-order valence-corrected chi connectivity index (χ0v) is 15.2. The molecule has 0 aliphatic heterocycles. The Morgan fingerprint density at radius 2 is 1.72 bits per heavy atom. The summed E-state index contributed by atoms with van der Waals surface area (Å²) in [5, 5.41) is 11.7. The van der Waals surface area contributed by atoms with E-state index in [2.05, 4.69) is 16.3 Å². The molecule has 0 atom stereocenters. The fourth-order valence-corrected chi connectivity index (χ4v) is 5.86. The Morgan fingerprint density at radius 3 is 2.28 bits per heavy atom. The number of esters is 1. The Hall–Kier alpha value is -1.08. The third kappa shape index (κ3) is 3.33. The van der Waals surface area contributed by atoms with Crippen molar-refractivity contribution in [1.82, 2.24) is 0 Å². The molecule has 0 heterocycles. The normalized spacial score (nSPS) is 35.8. The van der Waals surface area contributed by atoms with Gasteiger partial charge in [-0.05, 0) is 80.0 Å².